The van der Waals surface area contributed by atoms with Gasteiger partial charge in [0, 0.05) is 19.8 Å². The zero-order chi connectivity index (χ0) is 15.0. The van der Waals surface area contributed by atoms with Crippen LogP contribution in [0.15, 0.2) is 0 Å². The van der Waals surface area contributed by atoms with Crippen LogP contribution in [0.1, 0.15) is 46.0 Å². The van der Waals surface area contributed by atoms with Gasteiger partial charge in [-0.05, 0) is 57.8 Å². The molecule has 0 spiro atoms. The molecule has 1 aliphatic heterocycles. The molecule has 3 fully saturated rings. The van der Waals surface area contributed by atoms with Crippen molar-refractivity contribution >= 4 is 11.8 Å². The second kappa shape index (κ2) is 5.59. The summed E-state index contributed by atoms with van der Waals surface area (Å²) in [6, 6.07) is -0.244. The largest absolute Gasteiger partial charge is 0.382 e. The minimum absolute atomic E-state index is 0.0582. The van der Waals surface area contributed by atoms with Gasteiger partial charge in [-0.3, -0.25) is 9.59 Å². The maximum Gasteiger partial charge on any atom is 0.249 e. The topological polar surface area (TPSA) is 58.6 Å². The SMILES string of the molecule is CCOCCCN1C(=O)C(C)(C2CC2)NC(=O)C1C1CC1. The van der Waals surface area contributed by atoms with Gasteiger partial charge in [-0.2, -0.15) is 0 Å². The first-order valence-corrected chi connectivity index (χ1v) is 8.28. The molecule has 0 aromatic rings. The Morgan fingerprint density at radius 3 is 2.57 bits per heavy atom. The first kappa shape index (κ1) is 14.8. The highest BCUT2D eigenvalue weighted by Crippen LogP contribution is 2.45. The second-order valence-corrected chi connectivity index (χ2v) is 6.80. The van der Waals surface area contributed by atoms with Crippen LogP contribution in [0.3, 0.4) is 0 Å². The third-order valence-electron chi connectivity index (χ3n) is 5.05. The van der Waals surface area contributed by atoms with Crippen LogP contribution in [-0.4, -0.2) is 48.1 Å². The third kappa shape index (κ3) is 2.80. The van der Waals surface area contributed by atoms with Gasteiger partial charge in [0.25, 0.3) is 0 Å². The second-order valence-electron chi connectivity index (χ2n) is 6.80. The van der Waals surface area contributed by atoms with Crippen molar-refractivity contribution in [3.63, 3.8) is 0 Å². The van der Waals surface area contributed by atoms with Crippen LogP contribution in [0.5, 0.6) is 0 Å². The van der Waals surface area contributed by atoms with Gasteiger partial charge in [0.2, 0.25) is 11.8 Å². The van der Waals surface area contributed by atoms with Crippen LogP contribution in [0.4, 0.5) is 0 Å². The monoisotopic (exact) mass is 294 g/mol. The van der Waals surface area contributed by atoms with Crippen LogP contribution in [0, 0.1) is 11.8 Å². The summed E-state index contributed by atoms with van der Waals surface area (Å²) in [6.07, 6.45) is 5.02. The number of nitrogens with zero attached hydrogens (tertiary/aromatic N) is 1. The third-order valence-corrected chi connectivity index (χ3v) is 5.05. The fourth-order valence-corrected chi connectivity index (χ4v) is 3.49. The summed E-state index contributed by atoms with van der Waals surface area (Å²) in [6.45, 7) is 5.86. The van der Waals surface area contributed by atoms with Crippen molar-refractivity contribution in [1.29, 1.82) is 0 Å². The van der Waals surface area contributed by atoms with Gasteiger partial charge in [-0.15, -0.1) is 0 Å². The average Bonchev–Trinajstić information content (AvgIpc) is 3.30. The highest BCUT2D eigenvalue weighted by molar-refractivity contribution is 6.00. The molecule has 0 aromatic heterocycles. The molecule has 0 bridgehead atoms. The predicted octanol–water partition coefficient (Wildman–Crippen LogP) is 1.32. The Morgan fingerprint density at radius 2 is 2.00 bits per heavy atom. The summed E-state index contributed by atoms with van der Waals surface area (Å²) in [5.41, 5.74) is -0.673. The number of rotatable bonds is 7. The smallest absolute Gasteiger partial charge is 0.249 e. The van der Waals surface area contributed by atoms with Crippen molar-refractivity contribution in [2.45, 2.75) is 57.5 Å². The van der Waals surface area contributed by atoms with Crippen molar-refractivity contribution in [2.24, 2.45) is 11.8 Å². The molecule has 3 rings (SSSR count). The van der Waals surface area contributed by atoms with E-state index in [1.54, 1.807) is 0 Å². The lowest BCUT2D eigenvalue weighted by atomic mass is 9.88. The number of hydrogen-bond acceptors (Lipinski definition) is 3. The van der Waals surface area contributed by atoms with Crippen LogP contribution < -0.4 is 5.32 Å². The van der Waals surface area contributed by atoms with Gasteiger partial charge in [-0.25, -0.2) is 0 Å². The molecule has 2 unspecified atom stereocenters. The first-order chi connectivity index (χ1) is 10.1. The van der Waals surface area contributed by atoms with E-state index in [1.807, 2.05) is 18.7 Å². The molecule has 0 aromatic carbocycles. The molecular weight excluding hydrogens is 268 g/mol. The molecule has 1 N–H and O–H groups in total. The van der Waals surface area contributed by atoms with Gasteiger partial charge in [0.15, 0.2) is 0 Å². The standard InChI is InChI=1S/C16H26N2O3/c1-3-21-10-4-9-18-13(11-5-6-11)14(19)17-16(2,15(18)20)12-7-8-12/h11-13H,3-10H2,1-2H3,(H,17,19). The van der Waals surface area contributed by atoms with Crippen molar-refractivity contribution in [2.75, 3.05) is 19.8 Å². The van der Waals surface area contributed by atoms with E-state index in [0.29, 0.717) is 31.6 Å². The Hall–Kier alpha value is -1.10. The maximum absolute atomic E-state index is 13.0. The molecule has 2 aliphatic carbocycles. The van der Waals surface area contributed by atoms with Crippen molar-refractivity contribution in [3.8, 4) is 0 Å². The zero-order valence-corrected chi connectivity index (χ0v) is 13.1. The van der Waals surface area contributed by atoms with Gasteiger partial charge >= 0.3 is 0 Å². The van der Waals surface area contributed by atoms with Gasteiger partial charge < -0.3 is 15.0 Å². The Bertz CT molecular complexity index is 431. The molecule has 3 aliphatic rings. The Morgan fingerprint density at radius 1 is 1.29 bits per heavy atom. The summed E-state index contributed by atoms with van der Waals surface area (Å²) >= 11 is 0. The lowest BCUT2D eigenvalue weighted by Gasteiger charge is -2.45. The molecule has 118 valence electrons. The van der Waals surface area contributed by atoms with Crippen LogP contribution in [-0.2, 0) is 14.3 Å². The van der Waals surface area contributed by atoms with E-state index in [2.05, 4.69) is 5.32 Å². The number of hydrogen-bond donors (Lipinski definition) is 1. The van der Waals surface area contributed by atoms with Crippen molar-refractivity contribution in [3.05, 3.63) is 0 Å². The van der Waals surface area contributed by atoms with E-state index in [4.69, 9.17) is 4.74 Å². The Kier molecular flexibility index (Phi) is 3.95. The molecule has 2 atom stereocenters. The maximum atomic E-state index is 13.0. The van der Waals surface area contributed by atoms with E-state index in [1.165, 1.54) is 0 Å². The van der Waals surface area contributed by atoms with E-state index in [0.717, 1.165) is 32.1 Å². The highest BCUT2D eigenvalue weighted by Gasteiger charge is 2.57. The molecule has 0 radical (unpaired) electrons. The average molecular weight is 294 g/mol. The van der Waals surface area contributed by atoms with Gasteiger partial charge in [-0.1, -0.05) is 0 Å². The Balaban J connectivity index is 1.72. The molecule has 2 amide bonds. The fourth-order valence-electron chi connectivity index (χ4n) is 3.49. The number of ether oxygens (including phenoxy) is 1. The summed E-state index contributed by atoms with van der Waals surface area (Å²) in [4.78, 5) is 27.3. The molecule has 1 saturated heterocycles. The number of amides is 2. The van der Waals surface area contributed by atoms with Crippen LogP contribution in [0.25, 0.3) is 0 Å². The first-order valence-electron chi connectivity index (χ1n) is 8.28. The highest BCUT2D eigenvalue weighted by atomic mass is 16.5. The number of nitrogens with one attached hydrogen (secondary N) is 1. The summed E-state index contributed by atoms with van der Waals surface area (Å²) < 4.78 is 5.37. The van der Waals surface area contributed by atoms with E-state index < -0.39 is 5.54 Å². The Labute approximate surface area is 126 Å². The molecule has 1 heterocycles. The number of carbonyl (C=O) groups is 2. The predicted molar refractivity (Wildman–Crippen MR) is 78.6 cm³/mol. The quantitative estimate of drug-likeness (QED) is 0.720. The van der Waals surface area contributed by atoms with E-state index in [9.17, 15) is 9.59 Å². The van der Waals surface area contributed by atoms with Crippen molar-refractivity contribution < 1.29 is 14.3 Å². The van der Waals surface area contributed by atoms with E-state index in [-0.39, 0.29) is 17.9 Å². The lowest BCUT2D eigenvalue weighted by molar-refractivity contribution is -0.156. The van der Waals surface area contributed by atoms with Crippen molar-refractivity contribution in [1.82, 2.24) is 10.2 Å². The molecule has 21 heavy (non-hydrogen) atoms. The van der Waals surface area contributed by atoms with E-state index >= 15 is 0 Å². The number of carbonyl (C=O) groups excluding carboxylic acids is 2. The molecule has 5 nitrogen and oxygen atoms in total. The van der Waals surface area contributed by atoms with Gasteiger partial charge in [0.05, 0.1) is 0 Å². The minimum atomic E-state index is -0.673. The zero-order valence-electron chi connectivity index (χ0n) is 13.1. The normalized spacial score (nSPS) is 33.2. The summed E-state index contributed by atoms with van der Waals surface area (Å²) in [7, 11) is 0. The molecule has 5 heteroatoms. The van der Waals surface area contributed by atoms with Crippen LogP contribution in [0.2, 0.25) is 0 Å². The van der Waals surface area contributed by atoms with Crippen LogP contribution >= 0.6 is 0 Å². The fraction of sp³-hybridized carbons (Fsp3) is 0.875. The number of piperazine rings is 1. The molecular formula is C16H26N2O3. The molecule has 2 saturated carbocycles. The lowest BCUT2D eigenvalue weighted by Crippen LogP contribution is -2.70. The van der Waals surface area contributed by atoms with Gasteiger partial charge in [0.1, 0.15) is 11.6 Å². The minimum Gasteiger partial charge on any atom is -0.382 e. The summed E-state index contributed by atoms with van der Waals surface area (Å²) in [5.74, 6) is 0.870. The summed E-state index contributed by atoms with van der Waals surface area (Å²) in [5, 5.41) is 3.05.